The summed E-state index contributed by atoms with van der Waals surface area (Å²) >= 11 is 0. The van der Waals surface area contributed by atoms with Gasteiger partial charge in [-0.3, -0.25) is 0 Å². The Hall–Kier alpha value is -0.820. The Morgan fingerprint density at radius 2 is 1.84 bits per heavy atom. The van der Waals surface area contributed by atoms with Gasteiger partial charge in [-0.2, -0.15) is 0 Å². The van der Waals surface area contributed by atoms with Crippen LogP contribution in [0.2, 0.25) is 0 Å². The normalized spacial score (nSPS) is 23.5. The highest BCUT2D eigenvalue weighted by molar-refractivity contribution is 5.26. The van der Waals surface area contributed by atoms with E-state index in [1.165, 1.54) is 57.1 Å². The summed E-state index contributed by atoms with van der Waals surface area (Å²) in [6.45, 7) is 5.67. The lowest BCUT2D eigenvalue weighted by atomic mass is 9.81. The van der Waals surface area contributed by atoms with Crippen molar-refractivity contribution in [3.05, 3.63) is 35.4 Å². The fraction of sp³-hybridized carbons (Fsp3) is 0.667. The fourth-order valence-electron chi connectivity index (χ4n) is 3.27. The highest BCUT2D eigenvalue weighted by Crippen LogP contribution is 2.33. The number of aryl methyl sites for hydroxylation is 1. The molecule has 0 bridgehead atoms. The van der Waals surface area contributed by atoms with Gasteiger partial charge in [0.2, 0.25) is 0 Å². The molecule has 1 fully saturated rings. The summed E-state index contributed by atoms with van der Waals surface area (Å²) in [5.74, 6) is 0.777. The van der Waals surface area contributed by atoms with Crippen LogP contribution in [-0.2, 0) is 6.42 Å². The SMILES string of the molecule is CCCNC1CCCC(c2ccc(CCC)cc2)C1. The summed E-state index contributed by atoms with van der Waals surface area (Å²) in [5.41, 5.74) is 3.05. The van der Waals surface area contributed by atoms with Crippen LogP contribution >= 0.6 is 0 Å². The van der Waals surface area contributed by atoms with Crippen molar-refractivity contribution in [2.75, 3.05) is 6.54 Å². The first-order valence-corrected chi connectivity index (χ1v) is 8.15. The summed E-state index contributed by atoms with van der Waals surface area (Å²) in [5, 5.41) is 3.70. The fourth-order valence-corrected chi connectivity index (χ4v) is 3.27. The topological polar surface area (TPSA) is 12.0 Å². The molecular formula is C18H29N. The second-order valence-corrected chi connectivity index (χ2v) is 6.01. The molecule has 1 aliphatic rings. The second-order valence-electron chi connectivity index (χ2n) is 6.01. The number of nitrogens with one attached hydrogen (secondary N) is 1. The van der Waals surface area contributed by atoms with Crippen molar-refractivity contribution < 1.29 is 0 Å². The summed E-state index contributed by atoms with van der Waals surface area (Å²) < 4.78 is 0. The maximum Gasteiger partial charge on any atom is 0.00728 e. The van der Waals surface area contributed by atoms with Crippen molar-refractivity contribution in [3.8, 4) is 0 Å². The monoisotopic (exact) mass is 259 g/mol. The average Bonchev–Trinajstić information content (AvgIpc) is 2.46. The van der Waals surface area contributed by atoms with Crippen LogP contribution in [0.25, 0.3) is 0 Å². The minimum Gasteiger partial charge on any atom is -0.314 e. The zero-order valence-electron chi connectivity index (χ0n) is 12.6. The van der Waals surface area contributed by atoms with Crippen molar-refractivity contribution in [2.45, 2.75) is 70.8 Å². The zero-order chi connectivity index (χ0) is 13.5. The maximum absolute atomic E-state index is 3.70. The summed E-state index contributed by atoms with van der Waals surface area (Å²) in [6.07, 6.45) is 9.14. The molecule has 0 heterocycles. The predicted molar refractivity (Wildman–Crippen MR) is 83.7 cm³/mol. The second kappa shape index (κ2) is 7.69. The highest BCUT2D eigenvalue weighted by Gasteiger charge is 2.22. The first kappa shape index (κ1) is 14.6. The molecule has 1 aliphatic carbocycles. The molecule has 1 nitrogen and oxygen atoms in total. The van der Waals surface area contributed by atoms with E-state index >= 15 is 0 Å². The zero-order valence-corrected chi connectivity index (χ0v) is 12.6. The van der Waals surface area contributed by atoms with E-state index in [1.54, 1.807) is 5.56 Å². The van der Waals surface area contributed by atoms with Gasteiger partial charge in [-0.25, -0.2) is 0 Å². The van der Waals surface area contributed by atoms with E-state index in [4.69, 9.17) is 0 Å². The van der Waals surface area contributed by atoms with Gasteiger partial charge in [0.15, 0.2) is 0 Å². The molecule has 106 valence electrons. The van der Waals surface area contributed by atoms with Crippen LogP contribution in [0, 0.1) is 0 Å². The van der Waals surface area contributed by atoms with Crippen LogP contribution in [0.15, 0.2) is 24.3 Å². The summed E-state index contributed by atoms with van der Waals surface area (Å²) in [6, 6.07) is 10.2. The van der Waals surface area contributed by atoms with E-state index in [0.29, 0.717) is 0 Å². The quantitative estimate of drug-likeness (QED) is 0.783. The Balaban J connectivity index is 1.92. The van der Waals surface area contributed by atoms with E-state index in [-0.39, 0.29) is 0 Å². The lowest BCUT2D eigenvalue weighted by Gasteiger charge is -2.30. The Morgan fingerprint density at radius 3 is 2.53 bits per heavy atom. The number of hydrogen-bond acceptors (Lipinski definition) is 1. The Labute approximate surface area is 118 Å². The van der Waals surface area contributed by atoms with Crippen molar-refractivity contribution in [1.82, 2.24) is 5.32 Å². The van der Waals surface area contributed by atoms with Crippen LogP contribution in [0.1, 0.15) is 69.4 Å². The Kier molecular flexibility index (Phi) is 5.91. The molecule has 0 spiro atoms. The van der Waals surface area contributed by atoms with Crippen molar-refractivity contribution >= 4 is 0 Å². The van der Waals surface area contributed by atoms with E-state index in [0.717, 1.165) is 12.0 Å². The van der Waals surface area contributed by atoms with Crippen LogP contribution in [0.5, 0.6) is 0 Å². The van der Waals surface area contributed by atoms with Crippen LogP contribution < -0.4 is 5.32 Å². The molecule has 1 aromatic rings. The van der Waals surface area contributed by atoms with Crippen LogP contribution in [0.4, 0.5) is 0 Å². The Bertz CT molecular complexity index is 354. The van der Waals surface area contributed by atoms with Crippen molar-refractivity contribution in [1.29, 1.82) is 0 Å². The van der Waals surface area contributed by atoms with E-state index in [9.17, 15) is 0 Å². The lowest BCUT2D eigenvalue weighted by molar-refractivity contribution is 0.340. The van der Waals surface area contributed by atoms with Gasteiger partial charge >= 0.3 is 0 Å². The molecule has 1 heteroatoms. The highest BCUT2D eigenvalue weighted by atomic mass is 14.9. The molecule has 2 atom stereocenters. The smallest absolute Gasteiger partial charge is 0.00728 e. The van der Waals surface area contributed by atoms with E-state index in [1.807, 2.05) is 0 Å². The van der Waals surface area contributed by atoms with Crippen LogP contribution in [0.3, 0.4) is 0 Å². The molecule has 1 aromatic carbocycles. The first-order valence-electron chi connectivity index (χ1n) is 8.15. The molecule has 0 radical (unpaired) electrons. The number of benzene rings is 1. The minimum absolute atomic E-state index is 0.744. The predicted octanol–water partition coefficient (Wildman–Crippen LogP) is 4.66. The van der Waals surface area contributed by atoms with Gasteiger partial charge in [-0.1, -0.05) is 51.0 Å². The van der Waals surface area contributed by atoms with Gasteiger partial charge in [0.1, 0.15) is 0 Å². The molecule has 1 saturated carbocycles. The molecule has 2 unspecified atom stereocenters. The first-order chi connectivity index (χ1) is 9.33. The van der Waals surface area contributed by atoms with E-state index in [2.05, 4.69) is 43.4 Å². The largest absolute Gasteiger partial charge is 0.314 e. The number of hydrogen-bond donors (Lipinski definition) is 1. The minimum atomic E-state index is 0.744. The van der Waals surface area contributed by atoms with Gasteiger partial charge in [-0.05, 0) is 55.7 Å². The molecular weight excluding hydrogens is 230 g/mol. The molecule has 1 N–H and O–H groups in total. The van der Waals surface area contributed by atoms with Crippen LogP contribution in [-0.4, -0.2) is 12.6 Å². The maximum atomic E-state index is 3.70. The number of rotatable bonds is 6. The van der Waals surface area contributed by atoms with Gasteiger partial charge in [-0.15, -0.1) is 0 Å². The van der Waals surface area contributed by atoms with Gasteiger partial charge in [0, 0.05) is 6.04 Å². The summed E-state index contributed by atoms with van der Waals surface area (Å²) in [7, 11) is 0. The van der Waals surface area contributed by atoms with Gasteiger partial charge in [0.05, 0.1) is 0 Å². The Morgan fingerprint density at radius 1 is 1.05 bits per heavy atom. The molecule has 19 heavy (non-hydrogen) atoms. The third-order valence-electron chi connectivity index (χ3n) is 4.35. The third kappa shape index (κ3) is 4.35. The van der Waals surface area contributed by atoms with Crippen molar-refractivity contribution in [2.24, 2.45) is 0 Å². The molecule has 0 saturated heterocycles. The van der Waals surface area contributed by atoms with Gasteiger partial charge < -0.3 is 5.32 Å². The lowest BCUT2D eigenvalue weighted by Crippen LogP contribution is -2.33. The molecule has 0 aromatic heterocycles. The average molecular weight is 259 g/mol. The third-order valence-corrected chi connectivity index (χ3v) is 4.35. The van der Waals surface area contributed by atoms with E-state index < -0.39 is 0 Å². The van der Waals surface area contributed by atoms with Crippen molar-refractivity contribution in [3.63, 3.8) is 0 Å². The molecule has 0 aliphatic heterocycles. The molecule has 2 rings (SSSR count). The molecule has 0 amide bonds. The summed E-state index contributed by atoms with van der Waals surface area (Å²) in [4.78, 5) is 0. The standard InChI is InChI=1S/C18H29N/c1-3-6-15-9-11-16(12-10-15)17-7-5-8-18(14-17)19-13-4-2/h9-12,17-19H,3-8,13-14H2,1-2H3. The van der Waals surface area contributed by atoms with Gasteiger partial charge in [0.25, 0.3) is 0 Å².